The molecule has 0 bridgehead atoms. The molecule has 0 saturated carbocycles. The second-order valence-corrected chi connectivity index (χ2v) is 5.20. The molecule has 0 spiro atoms. The molecule has 17 heavy (non-hydrogen) atoms. The van der Waals surface area contributed by atoms with E-state index in [9.17, 15) is 4.79 Å². The molecule has 1 aromatic rings. The SMILES string of the molecule is CCSc1ncc(Cl)c(C(=O)NC(C)CC)n1. The van der Waals surface area contributed by atoms with E-state index in [2.05, 4.69) is 15.3 Å². The highest BCUT2D eigenvalue weighted by molar-refractivity contribution is 7.99. The molecule has 1 amide bonds. The first kappa shape index (κ1) is 14.3. The van der Waals surface area contributed by atoms with Gasteiger partial charge in [-0.25, -0.2) is 9.97 Å². The summed E-state index contributed by atoms with van der Waals surface area (Å²) in [5.41, 5.74) is 0.248. The molecule has 1 unspecified atom stereocenters. The van der Waals surface area contributed by atoms with Gasteiger partial charge in [-0.1, -0.05) is 37.2 Å². The Morgan fingerprint density at radius 2 is 2.29 bits per heavy atom. The minimum atomic E-state index is -0.246. The van der Waals surface area contributed by atoms with Crippen molar-refractivity contribution in [3.8, 4) is 0 Å². The van der Waals surface area contributed by atoms with E-state index in [4.69, 9.17) is 11.6 Å². The Kier molecular flexibility index (Phi) is 5.71. The van der Waals surface area contributed by atoms with Crippen molar-refractivity contribution >= 4 is 29.3 Å². The van der Waals surface area contributed by atoms with Crippen LogP contribution in [-0.2, 0) is 0 Å². The van der Waals surface area contributed by atoms with Crippen LogP contribution in [0.1, 0.15) is 37.7 Å². The van der Waals surface area contributed by atoms with Gasteiger partial charge in [0.15, 0.2) is 10.9 Å². The van der Waals surface area contributed by atoms with Gasteiger partial charge in [-0.15, -0.1) is 0 Å². The fourth-order valence-electron chi connectivity index (χ4n) is 1.10. The van der Waals surface area contributed by atoms with Crippen molar-refractivity contribution in [1.29, 1.82) is 0 Å². The van der Waals surface area contributed by atoms with Gasteiger partial charge in [0.25, 0.3) is 5.91 Å². The molecule has 0 radical (unpaired) electrons. The largest absolute Gasteiger partial charge is 0.348 e. The van der Waals surface area contributed by atoms with Crippen molar-refractivity contribution in [3.05, 3.63) is 16.9 Å². The molecular formula is C11H16ClN3OS. The van der Waals surface area contributed by atoms with Crippen LogP contribution >= 0.6 is 23.4 Å². The van der Waals surface area contributed by atoms with Gasteiger partial charge in [-0.05, 0) is 19.1 Å². The topological polar surface area (TPSA) is 54.9 Å². The molecule has 1 heterocycles. The van der Waals surface area contributed by atoms with Gasteiger partial charge < -0.3 is 5.32 Å². The van der Waals surface area contributed by atoms with Gasteiger partial charge >= 0.3 is 0 Å². The highest BCUT2D eigenvalue weighted by Gasteiger charge is 2.15. The molecule has 0 saturated heterocycles. The molecule has 0 fully saturated rings. The summed E-state index contributed by atoms with van der Waals surface area (Å²) in [6.45, 7) is 5.95. The van der Waals surface area contributed by atoms with Gasteiger partial charge in [-0.2, -0.15) is 0 Å². The Morgan fingerprint density at radius 1 is 1.59 bits per heavy atom. The number of nitrogens with zero attached hydrogens (tertiary/aromatic N) is 2. The standard InChI is InChI=1S/C11H16ClN3OS/c1-4-7(3)14-10(16)9-8(12)6-13-11(15-9)17-5-2/h6-7H,4-5H2,1-3H3,(H,14,16). The summed E-state index contributed by atoms with van der Waals surface area (Å²) < 4.78 is 0. The molecule has 0 aliphatic rings. The minimum absolute atomic E-state index is 0.107. The molecule has 0 aliphatic carbocycles. The lowest BCUT2D eigenvalue weighted by atomic mass is 10.2. The number of aromatic nitrogens is 2. The van der Waals surface area contributed by atoms with Crippen molar-refractivity contribution in [2.24, 2.45) is 0 Å². The summed E-state index contributed by atoms with van der Waals surface area (Å²) in [6.07, 6.45) is 2.34. The van der Waals surface area contributed by atoms with Crippen LogP contribution in [0.5, 0.6) is 0 Å². The van der Waals surface area contributed by atoms with Gasteiger partial charge in [-0.3, -0.25) is 4.79 Å². The highest BCUT2D eigenvalue weighted by atomic mass is 35.5. The molecule has 1 atom stereocenters. The third kappa shape index (κ3) is 4.16. The van der Waals surface area contributed by atoms with E-state index in [0.29, 0.717) is 5.16 Å². The number of rotatable bonds is 5. The van der Waals surface area contributed by atoms with Crippen LogP contribution in [0.2, 0.25) is 5.02 Å². The van der Waals surface area contributed by atoms with E-state index in [0.717, 1.165) is 12.2 Å². The first-order chi connectivity index (χ1) is 8.08. The number of carbonyl (C=O) groups excluding carboxylic acids is 1. The van der Waals surface area contributed by atoms with E-state index in [1.165, 1.54) is 18.0 Å². The van der Waals surface area contributed by atoms with Crippen molar-refractivity contribution < 1.29 is 4.79 Å². The monoisotopic (exact) mass is 273 g/mol. The number of carbonyl (C=O) groups is 1. The number of hydrogen-bond donors (Lipinski definition) is 1. The fourth-order valence-corrected chi connectivity index (χ4v) is 1.82. The first-order valence-corrected chi connectivity index (χ1v) is 6.91. The fraction of sp³-hybridized carbons (Fsp3) is 0.545. The maximum atomic E-state index is 11.9. The van der Waals surface area contributed by atoms with Crippen molar-refractivity contribution in [3.63, 3.8) is 0 Å². The molecule has 1 aromatic heterocycles. The zero-order valence-electron chi connectivity index (χ0n) is 10.2. The number of thioether (sulfide) groups is 1. The average Bonchev–Trinajstić information content (AvgIpc) is 2.31. The number of hydrogen-bond acceptors (Lipinski definition) is 4. The zero-order chi connectivity index (χ0) is 12.8. The normalized spacial score (nSPS) is 12.2. The Balaban J connectivity index is 2.87. The summed E-state index contributed by atoms with van der Waals surface area (Å²) in [7, 11) is 0. The number of nitrogens with one attached hydrogen (secondary N) is 1. The average molecular weight is 274 g/mol. The van der Waals surface area contributed by atoms with Crippen LogP contribution in [0.3, 0.4) is 0 Å². The van der Waals surface area contributed by atoms with E-state index >= 15 is 0 Å². The molecule has 94 valence electrons. The van der Waals surface area contributed by atoms with Crippen molar-refractivity contribution in [2.75, 3.05) is 5.75 Å². The van der Waals surface area contributed by atoms with Crippen LogP contribution in [0.15, 0.2) is 11.4 Å². The molecule has 6 heteroatoms. The van der Waals surface area contributed by atoms with E-state index in [1.807, 2.05) is 20.8 Å². The number of halogens is 1. The predicted octanol–water partition coefficient (Wildman–Crippen LogP) is 2.77. The van der Waals surface area contributed by atoms with Crippen LogP contribution in [0.4, 0.5) is 0 Å². The lowest BCUT2D eigenvalue weighted by Gasteiger charge is -2.11. The maximum Gasteiger partial charge on any atom is 0.271 e. The molecular weight excluding hydrogens is 258 g/mol. The Hall–Kier alpha value is -0.810. The zero-order valence-corrected chi connectivity index (χ0v) is 11.7. The quantitative estimate of drug-likeness (QED) is 0.662. The summed E-state index contributed by atoms with van der Waals surface area (Å²) in [6, 6.07) is 0.107. The van der Waals surface area contributed by atoms with E-state index in [1.54, 1.807) is 0 Å². The van der Waals surface area contributed by atoms with Gasteiger partial charge in [0.1, 0.15) is 0 Å². The van der Waals surface area contributed by atoms with E-state index < -0.39 is 0 Å². The van der Waals surface area contributed by atoms with Crippen molar-refractivity contribution in [1.82, 2.24) is 15.3 Å². The first-order valence-electron chi connectivity index (χ1n) is 5.54. The molecule has 1 rings (SSSR count). The lowest BCUT2D eigenvalue weighted by molar-refractivity contribution is 0.0933. The van der Waals surface area contributed by atoms with Gasteiger partial charge in [0.05, 0.1) is 11.2 Å². The molecule has 4 nitrogen and oxygen atoms in total. The van der Waals surface area contributed by atoms with Crippen molar-refractivity contribution in [2.45, 2.75) is 38.4 Å². The minimum Gasteiger partial charge on any atom is -0.348 e. The van der Waals surface area contributed by atoms with E-state index in [-0.39, 0.29) is 22.7 Å². The Morgan fingerprint density at radius 3 is 2.88 bits per heavy atom. The second kappa shape index (κ2) is 6.81. The third-order valence-electron chi connectivity index (χ3n) is 2.20. The van der Waals surface area contributed by atoms with Gasteiger partial charge in [0.2, 0.25) is 0 Å². The predicted molar refractivity (Wildman–Crippen MR) is 70.7 cm³/mol. The molecule has 0 aromatic carbocycles. The van der Waals surface area contributed by atoms with Crippen LogP contribution < -0.4 is 5.32 Å². The Labute approximate surface area is 111 Å². The van der Waals surface area contributed by atoms with Crippen LogP contribution in [0, 0.1) is 0 Å². The second-order valence-electron chi connectivity index (χ2n) is 3.56. The summed E-state index contributed by atoms with van der Waals surface area (Å²) >= 11 is 7.40. The summed E-state index contributed by atoms with van der Waals surface area (Å²) in [4.78, 5) is 20.1. The summed E-state index contributed by atoms with van der Waals surface area (Å²) in [5.74, 6) is 0.610. The smallest absolute Gasteiger partial charge is 0.271 e. The third-order valence-corrected chi connectivity index (χ3v) is 3.22. The summed E-state index contributed by atoms with van der Waals surface area (Å²) in [5, 5.41) is 3.69. The Bertz CT molecular complexity index is 400. The van der Waals surface area contributed by atoms with Crippen LogP contribution in [0.25, 0.3) is 0 Å². The van der Waals surface area contributed by atoms with Gasteiger partial charge in [0, 0.05) is 6.04 Å². The number of amides is 1. The molecule has 1 N–H and O–H groups in total. The lowest BCUT2D eigenvalue weighted by Crippen LogP contribution is -2.32. The molecule has 0 aliphatic heterocycles. The van der Waals surface area contributed by atoms with Crippen LogP contribution in [-0.4, -0.2) is 27.7 Å². The highest BCUT2D eigenvalue weighted by Crippen LogP contribution is 2.18. The maximum absolute atomic E-state index is 11.9.